The van der Waals surface area contributed by atoms with Crippen molar-refractivity contribution in [1.29, 1.82) is 0 Å². The summed E-state index contributed by atoms with van der Waals surface area (Å²) in [6.45, 7) is 3.23. The van der Waals surface area contributed by atoms with E-state index in [1.54, 1.807) is 19.0 Å². The lowest BCUT2D eigenvalue weighted by atomic mass is 10.1. The zero-order chi connectivity index (χ0) is 18.4. The summed E-state index contributed by atoms with van der Waals surface area (Å²) in [4.78, 5) is 16.2. The molecule has 0 saturated carbocycles. The topological polar surface area (TPSA) is 32.8 Å². The number of nitrogens with zero attached hydrogens (tertiary/aromatic N) is 2. The molecule has 2 aromatic carbocycles. The Morgan fingerprint density at radius 3 is 2.50 bits per heavy atom. The largest absolute Gasteiger partial charge is 0.490 e. The Morgan fingerprint density at radius 2 is 1.81 bits per heavy atom. The Labute approximate surface area is 156 Å². The summed E-state index contributed by atoms with van der Waals surface area (Å²) in [5, 5.41) is 0. The minimum atomic E-state index is 0.00572. The number of ether oxygens (including phenoxy) is 1. The normalized spacial score (nSPS) is 15.6. The molecule has 0 aromatic heterocycles. The summed E-state index contributed by atoms with van der Waals surface area (Å²) in [5.74, 6) is 0.798. The molecular formula is C22H28N2O2. The maximum absolute atomic E-state index is 12.1. The molecule has 4 heteroatoms. The number of amides is 1. The van der Waals surface area contributed by atoms with Gasteiger partial charge in [-0.3, -0.25) is 4.79 Å². The molecule has 1 aliphatic rings. The second-order valence-corrected chi connectivity index (χ2v) is 7.12. The maximum Gasteiger partial charge on any atom is 0.253 e. The molecule has 0 bridgehead atoms. The fourth-order valence-electron chi connectivity index (χ4n) is 3.34. The van der Waals surface area contributed by atoms with Gasteiger partial charge in [-0.2, -0.15) is 0 Å². The van der Waals surface area contributed by atoms with Gasteiger partial charge in [0.1, 0.15) is 11.9 Å². The van der Waals surface area contributed by atoms with Crippen LogP contribution in [0.2, 0.25) is 0 Å². The van der Waals surface area contributed by atoms with Gasteiger partial charge in [0.2, 0.25) is 0 Å². The monoisotopic (exact) mass is 352 g/mol. The van der Waals surface area contributed by atoms with Gasteiger partial charge in [0.05, 0.1) is 0 Å². The van der Waals surface area contributed by atoms with Crippen LogP contribution in [0, 0.1) is 0 Å². The third-order valence-electron chi connectivity index (χ3n) is 4.88. The van der Waals surface area contributed by atoms with Crippen LogP contribution in [0.15, 0.2) is 54.6 Å². The predicted octanol–water partition coefficient (Wildman–Crippen LogP) is 3.47. The van der Waals surface area contributed by atoms with Crippen LogP contribution >= 0.6 is 0 Å². The molecule has 0 spiro atoms. The van der Waals surface area contributed by atoms with Crippen molar-refractivity contribution in [2.45, 2.75) is 25.4 Å². The van der Waals surface area contributed by atoms with Crippen LogP contribution in [0.1, 0.15) is 28.8 Å². The number of piperidine rings is 1. The van der Waals surface area contributed by atoms with E-state index in [1.165, 1.54) is 5.56 Å². The van der Waals surface area contributed by atoms with E-state index in [0.29, 0.717) is 5.56 Å². The molecule has 4 nitrogen and oxygen atoms in total. The zero-order valence-electron chi connectivity index (χ0n) is 15.7. The molecule has 1 fully saturated rings. The number of rotatable bonds is 6. The van der Waals surface area contributed by atoms with E-state index >= 15 is 0 Å². The predicted molar refractivity (Wildman–Crippen MR) is 105 cm³/mol. The number of benzene rings is 2. The van der Waals surface area contributed by atoms with E-state index < -0.39 is 0 Å². The van der Waals surface area contributed by atoms with Gasteiger partial charge in [0.25, 0.3) is 5.91 Å². The van der Waals surface area contributed by atoms with Crippen molar-refractivity contribution < 1.29 is 9.53 Å². The van der Waals surface area contributed by atoms with Crippen molar-refractivity contribution in [2.24, 2.45) is 0 Å². The summed E-state index contributed by atoms with van der Waals surface area (Å²) >= 11 is 0. The van der Waals surface area contributed by atoms with Crippen LogP contribution in [-0.2, 0) is 6.42 Å². The van der Waals surface area contributed by atoms with Crippen LogP contribution in [0.5, 0.6) is 5.75 Å². The molecule has 1 amide bonds. The van der Waals surface area contributed by atoms with Crippen LogP contribution in [0.3, 0.4) is 0 Å². The first-order valence-corrected chi connectivity index (χ1v) is 9.36. The van der Waals surface area contributed by atoms with Crippen LogP contribution in [0.4, 0.5) is 0 Å². The van der Waals surface area contributed by atoms with E-state index in [9.17, 15) is 4.79 Å². The Morgan fingerprint density at radius 1 is 1.08 bits per heavy atom. The first-order chi connectivity index (χ1) is 12.6. The SMILES string of the molecule is CN(C)C(=O)c1cccc(OC2CCN(CCc3ccccc3)CC2)c1. The summed E-state index contributed by atoms with van der Waals surface area (Å²) in [6, 6.07) is 18.2. The van der Waals surface area contributed by atoms with Crippen molar-refractivity contribution in [3.63, 3.8) is 0 Å². The lowest BCUT2D eigenvalue weighted by Gasteiger charge is -2.32. The van der Waals surface area contributed by atoms with Crippen molar-refractivity contribution in [3.8, 4) is 5.75 Å². The highest BCUT2D eigenvalue weighted by atomic mass is 16.5. The fourth-order valence-corrected chi connectivity index (χ4v) is 3.34. The van der Waals surface area contributed by atoms with E-state index in [2.05, 4.69) is 35.2 Å². The molecular weight excluding hydrogens is 324 g/mol. The summed E-state index contributed by atoms with van der Waals surface area (Å²) < 4.78 is 6.14. The highest BCUT2D eigenvalue weighted by Gasteiger charge is 2.20. The summed E-state index contributed by atoms with van der Waals surface area (Å²) in [7, 11) is 3.53. The number of carbonyl (C=O) groups is 1. The average Bonchev–Trinajstić information content (AvgIpc) is 2.68. The third-order valence-corrected chi connectivity index (χ3v) is 4.88. The Balaban J connectivity index is 1.47. The molecule has 1 saturated heterocycles. The molecule has 26 heavy (non-hydrogen) atoms. The smallest absolute Gasteiger partial charge is 0.253 e. The summed E-state index contributed by atoms with van der Waals surface area (Å²) in [5.41, 5.74) is 2.07. The van der Waals surface area contributed by atoms with Crippen molar-refractivity contribution in [3.05, 3.63) is 65.7 Å². The number of hydrogen-bond donors (Lipinski definition) is 0. The molecule has 0 atom stereocenters. The second kappa shape index (κ2) is 8.86. The van der Waals surface area contributed by atoms with E-state index in [-0.39, 0.29) is 12.0 Å². The quantitative estimate of drug-likeness (QED) is 0.798. The Kier molecular flexibility index (Phi) is 6.29. The number of likely N-dealkylation sites (tertiary alicyclic amines) is 1. The van der Waals surface area contributed by atoms with Gasteiger partial charge in [0, 0.05) is 39.3 Å². The molecule has 0 aliphatic carbocycles. The maximum atomic E-state index is 12.1. The molecule has 0 radical (unpaired) electrons. The van der Waals surface area contributed by atoms with Gasteiger partial charge >= 0.3 is 0 Å². The Hall–Kier alpha value is -2.33. The van der Waals surface area contributed by atoms with E-state index in [4.69, 9.17) is 4.74 Å². The zero-order valence-corrected chi connectivity index (χ0v) is 15.7. The molecule has 0 N–H and O–H groups in total. The molecule has 1 heterocycles. The standard InChI is InChI=1S/C22H28N2O2/c1-23(2)22(25)19-9-6-10-21(17-19)26-20-12-15-24(16-13-20)14-11-18-7-4-3-5-8-18/h3-10,17,20H,11-16H2,1-2H3. The summed E-state index contributed by atoms with van der Waals surface area (Å²) in [6.07, 6.45) is 3.38. The van der Waals surface area contributed by atoms with E-state index in [1.807, 2.05) is 24.3 Å². The van der Waals surface area contributed by atoms with Crippen molar-refractivity contribution in [2.75, 3.05) is 33.7 Å². The van der Waals surface area contributed by atoms with Crippen molar-refractivity contribution >= 4 is 5.91 Å². The van der Waals surface area contributed by atoms with Crippen LogP contribution in [-0.4, -0.2) is 55.5 Å². The van der Waals surface area contributed by atoms with Gasteiger partial charge in [-0.25, -0.2) is 0 Å². The van der Waals surface area contributed by atoms with Gasteiger partial charge in [0.15, 0.2) is 0 Å². The Bertz CT molecular complexity index is 707. The first-order valence-electron chi connectivity index (χ1n) is 9.36. The third kappa shape index (κ3) is 5.09. The average molecular weight is 352 g/mol. The van der Waals surface area contributed by atoms with Gasteiger partial charge in [-0.05, 0) is 43.0 Å². The molecule has 0 unspecified atom stereocenters. The van der Waals surface area contributed by atoms with E-state index in [0.717, 1.165) is 44.6 Å². The lowest BCUT2D eigenvalue weighted by Crippen LogP contribution is -2.39. The highest BCUT2D eigenvalue weighted by Crippen LogP contribution is 2.21. The molecule has 3 rings (SSSR count). The van der Waals surface area contributed by atoms with Crippen LogP contribution < -0.4 is 4.74 Å². The highest BCUT2D eigenvalue weighted by molar-refractivity contribution is 5.94. The number of carbonyl (C=O) groups excluding carboxylic acids is 1. The fraction of sp³-hybridized carbons (Fsp3) is 0.409. The van der Waals surface area contributed by atoms with Gasteiger partial charge in [-0.1, -0.05) is 36.4 Å². The van der Waals surface area contributed by atoms with Crippen LogP contribution in [0.25, 0.3) is 0 Å². The molecule has 2 aromatic rings. The minimum absolute atomic E-state index is 0.00572. The second-order valence-electron chi connectivity index (χ2n) is 7.12. The lowest BCUT2D eigenvalue weighted by molar-refractivity contribution is 0.0824. The minimum Gasteiger partial charge on any atom is -0.490 e. The van der Waals surface area contributed by atoms with Gasteiger partial charge in [-0.15, -0.1) is 0 Å². The van der Waals surface area contributed by atoms with Crippen molar-refractivity contribution in [1.82, 2.24) is 9.80 Å². The van der Waals surface area contributed by atoms with Gasteiger partial charge < -0.3 is 14.5 Å². The first kappa shape index (κ1) is 18.5. The number of hydrogen-bond acceptors (Lipinski definition) is 3. The molecule has 138 valence electrons. The molecule has 1 aliphatic heterocycles.